The van der Waals surface area contributed by atoms with Gasteiger partial charge >= 0.3 is 0 Å². The molecule has 5 heteroatoms. The van der Waals surface area contributed by atoms with Gasteiger partial charge < -0.3 is 14.7 Å². The Balaban J connectivity index is 2.12. The first-order valence-electron chi connectivity index (χ1n) is 11.4. The molecular formula is C27H33NO4. The molecule has 1 fully saturated rings. The zero-order valence-electron chi connectivity index (χ0n) is 19.6. The van der Waals surface area contributed by atoms with E-state index in [1.807, 2.05) is 45.0 Å². The fourth-order valence-electron chi connectivity index (χ4n) is 4.12. The second-order valence-corrected chi connectivity index (χ2v) is 8.58. The van der Waals surface area contributed by atoms with Crippen LogP contribution in [0.2, 0.25) is 0 Å². The number of carbonyl (C=O) groups excluding carboxylic acids is 2. The molecule has 1 saturated heterocycles. The Bertz CT molecular complexity index is 1020. The van der Waals surface area contributed by atoms with Crippen LogP contribution in [0, 0.1) is 6.92 Å². The highest BCUT2D eigenvalue weighted by atomic mass is 16.5. The minimum absolute atomic E-state index is 0.145. The van der Waals surface area contributed by atoms with Crippen molar-refractivity contribution in [1.29, 1.82) is 0 Å². The molecule has 1 heterocycles. The fraction of sp³-hybridized carbons (Fsp3) is 0.407. The van der Waals surface area contributed by atoms with Gasteiger partial charge in [0.1, 0.15) is 11.5 Å². The summed E-state index contributed by atoms with van der Waals surface area (Å²) in [6, 6.07) is 12.7. The highest BCUT2D eigenvalue weighted by Crippen LogP contribution is 2.40. The summed E-state index contributed by atoms with van der Waals surface area (Å²) in [6.45, 7) is 11.1. The Morgan fingerprint density at radius 3 is 2.34 bits per heavy atom. The van der Waals surface area contributed by atoms with Gasteiger partial charge in [-0.1, -0.05) is 51.5 Å². The number of carbonyl (C=O) groups is 2. The van der Waals surface area contributed by atoms with Crippen molar-refractivity contribution < 1.29 is 19.4 Å². The van der Waals surface area contributed by atoms with Gasteiger partial charge in [-0.05, 0) is 61.1 Å². The maximum absolute atomic E-state index is 13.1. The largest absolute Gasteiger partial charge is 0.507 e. The van der Waals surface area contributed by atoms with Crippen molar-refractivity contribution >= 4 is 17.4 Å². The van der Waals surface area contributed by atoms with E-state index < -0.39 is 17.7 Å². The summed E-state index contributed by atoms with van der Waals surface area (Å²) >= 11 is 0. The van der Waals surface area contributed by atoms with Crippen LogP contribution >= 0.6 is 0 Å². The second kappa shape index (κ2) is 10.0. The highest BCUT2D eigenvalue weighted by molar-refractivity contribution is 6.46. The number of aliphatic hydroxyl groups excluding tert-OH is 1. The zero-order valence-corrected chi connectivity index (χ0v) is 19.6. The lowest BCUT2D eigenvalue weighted by molar-refractivity contribution is -0.139. The number of nitrogens with zero attached hydrogens (tertiary/aromatic N) is 1. The van der Waals surface area contributed by atoms with Crippen molar-refractivity contribution in [2.24, 2.45) is 0 Å². The fourth-order valence-corrected chi connectivity index (χ4v) is 4.12. The van der Waals surface area contributed by atoms with Gasteiger partial charge in [-0.3, -0.25) is 9.59 Å². The van der Waals surface area contributed by atoms with Gasteiger partial charge in [0.05, 0.1) is 18.2 Å². The van der Waals surface area contributed by atoms with Crippen molar-refractivity contribution in [2.75, 3.05) is 13.2 Å². The lowest BCUT2D eigenvalue weighted by Gasteiger charge is -2.25. The monoisotopic (exact) mass is 435 g/mol. The summed E-state index contributed by atoms with van der Waals surface area (Å²) in [6.07, 6.45) is 1.69. The Morgan fingerprint density at radius 2 is 1.78 bits per heavy atom. The molecule has 5 nitrogen and oxygen atoms in total. The first-order chi connectivity index (χ1) is 15.3. The number of Topliss-reactive ketones (excluding diaryl/α,β-unsaturated/α-hetero) is 1. The molecule has 1 aliphatic heterocycles. The van der Waals surface area contributed by atoms with E-state index in [0.29, 0.717) is 24.6 Å². The zero-order chi connectivity index (χ0) is 23.4. The van der Waals surface area contributed by atoms with E-state index in [9.17, 15) is 14.7 Å². The Hall–Kier alpha value is -3.08. The lowest BCUT2D eigenvalue weighted by Crippen LogP contribution is -2.30. The lowest BCUT2D eigenvalue weighted by atomic mass is 9.93. The van der Waals surface area contributed by atoms with E-state index in [-0.39, 0.29) is 11.3 Å². The predicted octanol–water partition coefficient (Wildman–Crippen LogP) is 5.74. The Morgan fingerprint density at radius 1 is 1.09 bits per heavy atom. The second-order valence-electron chi connectivity index (χ2n) is 8.58. The van der Waals surface area contributed by atoms with E-state index in [1.165, 1.54) is 5.56 Å². The average molecular weight is 436 g/mol. The van der Waals surface area contributed by atoms with Crippen molar-refractivity contribution in [3.63, 3.8) is 0 Å². The van der Waals surface area contributed by atoms with E-state index in [1.54, 1.807) is 23.1 Å². The molecular weight excluding hydrogens is 402 g/mol. The van der Waals surface area contributed by atoms with Crippen molar-refractivity contribution in [2.45, 2.75) is 59.4 Å². The van der Waals surface area contributed by atoms with Gasteiger partial charge in [0.25, 0.3) is 11.7 Å². The van der Waals surface area contributed by atoms with Crippen molar-refractivity contribution in [3.8, 4) is 5.75 Å². The third-order valence-corrected chi connectivity index (χ3v) is 5.96. The highest BCUT2D eigenvalue weighted by Gasteiger charge is 2.45. The molecule has 1 N–H and O–H groups in total. The topological polar surface area (TPSA) is 66.8 Å². The molecule has 32 heavy (non-hydrogen) atoms. The van der Waals surface area contributed by atoms with Gasteiger partial charge in [-0.15, -0.1) is 0 Å². The predicted molar refractivity (Wildman–Crippen MR) is 127 cm³/mol. The number of aryl methyl sites for hydroxylation is 1. The number of aliphatic hydroxyl groups is 1. The molecule has 0 radical (unpaired) electrons. The van der Waals surface area contributed by atoms with Gasteiger partial charge in [0.2, 0.25) is 0 Å². The van der Waals surface area contributed by atoms with Crippen LogP contribution in [0.4, 0.5) is 0 Å². The summed E-state index contributed by atoms with van der Waals surface area (Å²) in [5.74, 6) is -0.231. The molecule has 0 aliphatic carbocycles. The van der Waals surface area contributed by atoms with Crippen molar-refractivity contribution in [3.05, 3.63) is 70.3 Å². The number of unbranched alkanes of at least 4 members (excludes halogenated alkanes) is 1. The molecule has 0 saturated carbocycles. The number of benzene rings is 2. The molecule has 170 valence electrons. The van der Waals surface area contributed by atoms with Gasteiger partial charge in [-0.25, -0.2) is 0 Å². The Labute approximate surface area is 190 Å². The van der Waals surface area contributed by atoms with Crippen LogP contribution in [-0.2, 0) is 9.59 Å². The number of ether oxygens (including phenoxy) is 1. The van der Waals surface area contributed by atoms with E-state index in [2.05, 4.69) is 13.8 Å². The van der Waals surface area contributed by atoms with Crippen LogP contribution in [0.15, 0.2) is 48.0 Å². The van der Waals surface area contributed by atoms with Crippen LogP contribution < -0.4 is 4.74 Å². The number of rotatable bonds is 8. The number of ketones is 1. The molecule has 1 unspecified atom stereocenters. The molecule has 0 spiro atoms. The molecule has 0 aromatic heterocycles. The minimum atomic E-state index is -0.636. The third-order valence-electron chi connectivity index (χ3n) is 5.96. The quantitative estimate of drug-likeness (QED) is 0.326. The summed E-state index contributed by atoms with van der Waals surface area (Å²) < 4.78 is 5.59. The molecule has 1 aliphatic rings. The molecule has 3 rings (SSSR count). The number of likely N-dealkylation sites (tertiary alicyclic amines) is 1. The summed E-state index contributed by atoms with van der Waals surface area (Å²) in [5.41, 5.74) is 3.51. The number of hydrogen-bond acceptors (Lipinski definition) is 4. The Kier molecular flexibility index (Phi) is 7.39. The van der Waals surface area contributed by atoms with Crippen LogP contribution in [0.25, 0.3) is 5.76 Å². The standard InChI is InChI=1S/C27H33NO4/c1-6-8-15-28-24(20-11-9-19(10-12-20)17(3)4)23(26(30)27(28)31)25(29)21-13-14-22(32-7-2)18(5)16-21/h9-14,16-17,24,29H,6-8,15H2,1-5H3/b25-23-. The molecule has 2 aromatic rings. The van der Waals surface area contributed by atoms with E-state index >= 15 is 0 Å². The first-order valence-corrected chi connectivity index (χ1v) is 11.4. The maximum Gasteiger partial charge on any atom is 0.295 e. The summed E-state index contributed by atoms with van der Waals surface area (Å²) in [5, 5.41) is 11.2. The average Bonchev–Trinajstić information content (AvgIpc) is 3.03. The number of hydrogen-bond donors (Lipinski definition) is 1. The third kappa shape index (κ3) is 4.57. The smallest absolute Gasteiger partial charge is 0.295 e. The molecule has 0 bridgehead atoms. The normalized spacial score (nSPS) is 17.9. The van der Waals surface area contributed by atoms with Crippen LogP contribution in [0.1, 0.15) is 74.8 Å². The molecule has 2 aromatic carbocycles. The SMILES string of the molecule is CCCCN1C(=O)C(=O)/C(=C(\O)c2ccc(OCC)c(C)c2)C1c1ccc(C(C)C)cc1. The van der Waals surface area contributed by atoms with Crippen LogP contribution in [0.3, 0.4) is 0 Å². The van der Waals surface area contributed by atoms with E-state index in [4.69, 9.17) is 4.74 Å². The summed E-state index contributed by atoms with van der Waals surface area (Å²) in [7, 11) is 0. The van der Waals surface area contributed by atoms with E-state index in [0.717, 1.165) is 29.7 Å². The van der Waals surface area contributed by atoms with Crippen LogP contribution in [0.5, 0.6) is 5.75 Å². The maximum atomic E-state index is 13.1. The van der Waals surface area contributed by atoms with Crippen molar-refractivity contribution in [1.82, 2.24) is 4.90 Å². The van der Waals surface area contributed by atoms with Gasteiger partial charge in [0, 0.05) is 12.1 Å². The molecule has 1 atom stereocenters. The van der Waals surface area contributed by atoms with Gasteiger partial charge in [0.15, 0.2) is 0 Å². The van der Waals surface area contributed by atoms with Crippen LogP contribution in [-0.4, -0.2) is 34.8 Å². The number of amides is 1. The first kappa shape index (κ1) is 23.6. The summed E-state index contributed by atoms with van der Waals surface area (Å²) in [4.78, 5) is 27.6. The molecule has 1 amide bonds. The minimum Gasteiger partial charge on any atom is -0.507 e. The van der Waals surface area contributed by atoms with Gasteiger partial charge in [-0.2, -0.15) is 0 Å².